The molecule has 0 aromatic rings. The first-order valence-corrected chi connectivity index (χ1v) is 10.3. The number of thiocarbonyl (C=S) groups is 1. The summed E-state index contributed by atoms with van der Waals surface area (Å²) in [5.74, 6) is 1.99. The van der Waals surface area contributed by atoms with Gasteiger partial charge in [0, 0.05) is 11.8 Å². The smallest absolute Gasteiger partial charge is 0.155 e. The van der Waals surface area contributed by atoms with Gasteiger partial charge in [-0.3, -0.25) is 4.79 Å². The summed E-state index contributed by atoms with van der Waals surface area (Å²) in [6, 6.07) is 0. The second kappa shape index (κ2) is 5.71. The third-order valence-corrected chi connectivity index (χ3v) is 9.19. The lowest BCUT2D eigenvalue weighted by atomic mass is 9.46. The number of carbonyl (C=O) groups excluding carboxylic acids is 1. The summed E-state index contributed by atoms with van der Waals surface area (Å²) < 4.78 is 0. The molecule has 0 aliphatic heterocycles. The molecule has 3 fully saturated rings. The number of hydrogen-bond donors (Lipinski definition) is 2. The van der Waals surface area contributed by atoms with E-state index in [0.29, 0.717) is 41.2 Å². The lowest BCUT2D eigenvalue weighted by Gasteiger charge is -2.59. The predicted molar refractivity (Wildman–Crippen MR) is 101 cm³/mol. The molecule has 4 rings (SSSR count). The van der Waals surface area contributed by atoms with Gasteiger partial charge in [0.15, 0.2) is 5.78 Å². The van der Waals surface area contributed by atoms with E-state index in [-0.39, 0.29) is 17.4 Å². The van der Waals surface area contributed by atoms with Crippen molar-refractivity contribution in [3.05, 3.63) is 11.6 Å². The fourth-order valence-corrected chi connectivity index (χ4v) is 7.50. The zero-order chi connectivity index (χ0) is 18.0. The SMILES string of the molecule is C[C@]12CCC(=O)C=C1CC[C@@H]1C2CC[C@@]2(C)[C@H]1CC[C@]2(O)C(=S)CO. The first-order chi connectivity index (χ1) is 11.8. The Morgan fingerprint density at radius 1 is 1.16 bits per heavy atom. The zero-order valence-electron chi connectivity index (χ0n) is 15.4. The topological polar surface area (TPSA) is 57.5 Å². The van der Waals surface area contributed by atoms with Gasteiger partial charge < -0.3 is 10.2 Å². The van der Waals surface area contributed by atoms with Gasteiger partial charge in [0.1, 0.15) is 5.60 Å². The minimum Gasteiger partial charge on any atom is -0.391 e. The highest BCUT2D eigenvalue weighted by molar-refractivity contribution is 7.80. The molecule has 4 aliphatic carbocycles. The maximum atomic E-state index is 11.9. The van der Waals surface area contributed by atoms with Gasteiger partial charge in [-0.05, 0) is 74.2 Å². The van der Waals surface area contributed by atoms with E-state index in [4.69, 9.17) is 12.2 Å². The van der Waals surface area contributed by atoms with Crippen LogP contribution in [0.15, 0.2) is 11.6 Å². The molecule has 0 radical (unpaired) electrons. The third-order valence-electron chi connectivity index (χ3n) is 8.72. The molecule has 0 heterocycles. The summed E-state index contributed by atoms with van der Waals surface area (Å²) in [4.78, 5) is 12.3. The molecule has 2 N–H and O–H groups in total. The van der Waals surface area contributed by atoms with E-state index in [2.05, 4.69) is 13.8 Å². The van der Waals surface area contributed by atoms with E-state index in [1.165, 1.54) is 5.57 Å². The Balaban J connectivity index is 1.68. The summed E-state index contributed by atoms with van der Waals surface area (Å²) in [5.41, 5.74) is 0.339. The summed E-state index contributed by atoms with van der Waals surface area (Å²) in [7, 11) is 0. The monoisotopic (exact) mass is 362 g/mol. The Bertz CT molecular complexity index is 656. The molecule has 6 atom stereocenters. The van der Waals surface area contributed by atoms with Crippen molar-refractivity contribution in [2.75, 3.05) is 6.61 Å². The van der Waals surface area contributed by atoms with Crippen molar-refractivity contribution >= 4 is 22.9 Å². The summed E-state index contributed by atoms with van der Waals surface area (Å²) in [5, 5.41) is 21.0. The molecule has 0 amide bonds. The minimum atomic E-state index is -0.994. The van der Waals surface area contributed by atoms with Gasteiger partial charge in [-0.1, -0.05) is 31.6 Å². The number of carbonyl (C=O) groups is 1. The van der Waals surface area contributed by atoms with Crippen LogP contribution >= 0.6 is 12.2 Å². The summed E-state index contributed by atoms with van der Waals surface area (Å²) in [6.07, 6.45) is 9.52. The van der Waals surface area contributed by atoms with Crippen LogP contribution in [-0.2, 0) is 4.79 Å². The Morgan fingerprint density at radius 2 is 1.88 bits per heavy atom. The third kappa shape index (κ3) is 2.23. The molecule has 0 aromatic heterocycles. The average molecular weight is 363 g/mol. The molecule has 4 heteroatoms. The number of hydrogen-bond acceptors (Lipinski definition) is 4. The lowest BCUT2D eigenvalue weighted by molar-refractivity contribution is -0.119. The Hall–Kier alpha value is -0.580. The van der Waals surface area contributed by atoms with Crippen LogP contribution in [-0.4, -0.2) is 33.1 Å². The quantitative estimate of drug-likeness (QED) is 0.737. The molecule has 1 unspecified atom stereocenters. The molecule has 3 saturated carbocycles. The number of aliphatic hydroxyl groups is 2. The summed E-state index contributed by atoms with van der Waals surface area (Å²) >= 11 is 5.40. The number of rotatable bonds is 2. The van der Waals surface area contributed by atoms with Gasteiger partial charge >= 0.3 is 0 Å². The Kier molecular flexibility index (Phi) is 4.07. The highest BCUT2D eigenvalue weighted by Gasteiger charge is 2.64. The minimum absolute atomic E-state index is 0.163. The van der Waals surface area contributed by atoms with E-state index in [9.17, 15) is 15.0 Å². The van der Waals surface area contributed by atoms with E-state index < -0.39 is 5.60 Å². The van der Waals surface area contributed by atoms with Crippen molar-refractivity contribution in [2.24, 2.45) is 28.6 Å². The standard InChI is InChI=1S/C21H30O3S/c1-19-8-5-14(23)11-13(19)3-4-15-16(19)6-9-20(2)17(15)7-10-21(20,24)18(25)12-22/h11,15-17,22,24H,3-10,12H2,1-2H3/t15-,16?,17+,19+,20+,21+/m1/s1. The van der Waals surface area contributed by atoms with Crippen LogP contribution in [0.3, 0.4) is 0 Å². The highest BCUT2D eigenvalue weighted by Crippen LogP contribution is 2.67. The molecule has 0 saturated heterocycles. The number of aliphatic hydroxyl groups excluding tert-OH is 1. The molecule has 25 heavy (non-hydrogen) atoms. The van der Waals surface area contributed by atoms with Crippen LogP contribution in [0.2, 0.25) is 0 Å². The molecule has 4 aliphatic rings. The molecular weight excluding hydrogens is 332 g/mol. The Morgan fingerprint density at radius 3 is 2.60 bits per heavy atom. The van der Waals surface area contributed by atoms with Gasteiger partial charge in [-0.2, -0.15) is 0 Å². The second-order valence-corrected chi connectivity index (χ2v) is 9.90. The van der Waals surface area contributed by atoms with Gasteiger partial charge in [0.05, 0.1) is 11.5 Å². The van der Waals surface area contributed by atoms with Crippen molar-refractivity contribution in [1.29, 1.82) is 0 Å². The summed E-state index contributed by atoms with van der Waals surface area (Å²) in [6.45, 7) is 4.39. The zero-order valence-corrected chi connectivity index (χ0v) is 16.2. The maximum Gasteiger partial charge on any atom is 0.155 e. The van der Waals surface area contributed by atoms with Crippen LogP contribution in [0.5, 0.6) is 0 Å². The van der Waals surface area contributed by atoms with Gasteiger partial charge in [-0.15, -0.1) is 0 Å². The van der Waals surface area contributed by atoms with Crippen LogP contribution in [0.1, 0.15) is 65.2 Å². The van der Waals surface area contributed by atoms with Crippen LogP contribution in [0, 0.1) is 28.6 Å². The fourth-order valence-electron chi connectivity index (χ4n) is 7.16. The Labute approximate surface area is 155 Å². The molecular formula is C21H30O3S. The van der Waals surface area contributed by atoms with Gasteiger partial charge in [-0.25, -0.2) is 0 Å². The number of fused-ring (bicyclic) bond motifs is 5. The van der Waals surface area contributed by atoms with E-state index in [0.717, 1.165) is 38.5 Å². The van der Waals surface area contributed by atoms with E-state index in [1.807, 2.05) is 6.08 Å². The molecule has 0 spiro atoms. The normalized spacial score (nSPS) is 49.0. The van der Waals surface area contributed by atoms with Crippen LogP contribution < -0.4 is 0 Å². The van der Waals surface area contributed by atoms with Crippen molar-refractivity contribution in [2.45, 2.75) is 70.8 Å². The predicted octanol–water partition coefficient (Wildman–Crippen LogP) is 3.61. The second-order valence-electron chi connectivity index (χ2n) is 9.41. The van der Waals surface area contributed by atoms with E-state index >= 15 is 0 Å². The fraction of sp³-hybridized carbons (Fsp3) is 0.810. The first-order valence-electron chi connectivity index (χ1n) is 9.87. The van der Waals surface area contributed by atoms with Gasteiger partial charge in [0.25, 0.3) is 0 Å². The van der Waals surface area contributed by atoms with Gasteiger partial charge in [0.2, 0.25) is 0 Å². The van der Waals surface area contributed by atoms with Crippen molar-refractivity contribution < 1.29 is 15.0 Å². The molecule has 0 aromatic carbocycles. The van der Waals surface area contributed by atoms with E-state index in [1.54, 1.807) is 0 Å². The number of ketones is 1. The van der Waals surface area contributed by atoms with Crippen LogP contribution in [0.25, 0.3) is 0 Å². The first kappa shape index (κ1) is 17.8. The maximum absolute atomic E-state index is 11.9. The average Bonchev–Trinajstić information content (AvgIpc) is 2.87. The van der Waals surface area contributed by atoms with Crippen molar-refractivity contribution in [3.8, 4) is 0 Å². The highest BCUT2D eigenvalue weighted by atomic mass is 32.1. The van der Waals surface area contributed by atoms with Crippen molar-refractivity contribution in [1.82, 2.24) is 0 Å². The molecule has 138 valence electrons. The van der Waals surface area contributed by atoms with Crippen molar-refractivity contribution in [3.63, 3.8) is 0 Å². The lowest BCUT2D eigenvalue weighted by Crippen LogP contribution is -2.57. The van der Waals surface area contributed by atoms with Crippen LogP contribution in [0.4, 0.5) is 0 Å². The molecule has 0 bridgehead atoms. The largest absolute Gasteiger partial charge is 0.391 e. The molecule has 3 nitrogen and oxygen atoms in total. The number of allylic oxidation sites excluding steroid dienone is 1.